The molecule has 1 radical (unpaired) electrons. The van der Waals surface area contributed by atoms with Gasteiger partial charge in [-0.05, 0) is 6.42 Å². The van der Waals surface area contributed by atoms with E-state index in [1.807, 2.05) is 16.7 Å². The predicted octanol–water partition coefficient (Wildman–Crippen LogP) is 1.57. The zero-order valence-electron chi connectivity index (χ0n) is 7.42. The Labute approximate surface area is 78.7 Å². The van der Waals surface area contributed by atoms with Crippen molar-refractivity contribution in [3.05, 3.63) is 6.92 Å². The lowest BCUT2D eigenvalue weighted by atomic mass is 10.2. The fourth-order valence-electron chi connectivity index (χ4n) is 1.25. The molecule has 1 heterocycles. The third-order valence-electron chi connectivity index (χ3n) is 2.00. The maximum atomic E-state index is 11.4. The van der Waals surface area contributed by atoms with Gasteiger partial charge in [-0.3, -0.25) is 4.79 Å². The van der Waals surface area contributed by atoms with Gasteiger partial charge in [-0.15, -0.1) is 0 Å². The molecular weight excluding hydrogens is 170 g/mol. The van der Waals surface area contributed by atoms with Crippen LogP contribution in [0.4, 0.5) is 0 Å². The van der Waals surface area contributed by atoms with Crippen molar-refractivity contribution in [2.24, 2.45) is 0 Å². The molecule has 1 fully saturated rings. The lowest BCUT2D eigenvalue weighted by Gasteiger charge is -2.26. The highest BCUT2D eigenvalue weighted by Gasteiger charge is 2.15. The minimum absolute atomic E-state index is 0.318. The zero-order valence-corrected chi connectivity index (χ0v) is 8.24. The van der Waals surface area contributed by atoms with E-state index >= 15 is 0 Å². The molecule has 1 aliphatic rings. The second-order valence-electron chi connectivity index (χ2n) is 2.95. The molecule has 0 aromatic carbocycles. The Morgan fingerprint density at radius 2 is 2.08 bits per heavy atom. The van der Waals surface area contributed by atoms with Crippen molar-refractivity contribution >= 4 is 17.7 Å². The SMILES string of the molecule is [CH2]CCCC(=O)N1CCSCC1. The Hall–Kier alpha value is -0.180. The smallest absolute Gasteiger partial charge is 0.222 e. The number of hydrogen-bond acceptors (Lipinski definition) is 2. The minimum Gasteiger partial charge on any atom is -0.341 e. The van der Waals surface area contributed by atoms with E-state index in [0.717, 1.165) is 37.4 Å². The van der Waals surface area contributed by atoms with Crippen LogP contribution in [-0.2, 0) is 4.79 Å². The van der Waals surface area contributed by atoms with Gasteiger partial charge < -0.3 is 4.90 Å². The Balaban J connectivity index is 2.20. The minimum atomic E-state index is 0.318. The molecule has 0 N–H and O–H groups in total. The molecule has 0 aromatic heterocycles. The van der Waals surface area contributed by atoms with Crippen molar-refractivity contribution in [2.75, 3.05) is 24.6 Å². The third kappa shape index (κ3) is 3.05. The maximum absolute atomic E-state index is 11.4. The van der Waals surface area contributed by atoms with Gasteiger partial charge in [0.25, 0.3) is 0 Å². The summed E-state index contributed by atoms with van der Waals surface area (Å²) in [6, 6.07) is 0. The van der Waals surface area contributed by atoms with Crippen molar-refractivity contribution in [3.63, 3.8) is 0 Å². The maximum Gasteiger partial charge on any atom is 0.222 e. The zero-order chi connectivity index (χ0) is 8.81. The molecule has 1 aliphatic heterocycles. The summed E-state index contributed by atoms with van der Waals surface area (Å²) in [7, 11) is 0. The van der Waals surface area contributed by atoms with E-state index in [1.54, 1.807) is 0 Å². The fourth-order valence-corrected chi connectivity index (χ4v) is 2.15. The number of amides is 1. The monoisotopic (exact) mass is 186 g/mol. The van der Waals surface area contributed by atoms with Crippen molar-refractivity contribution in [1.82, 2.24) is 4.90 Å². The average Bonchev–Trinajstić information content (AvgIpc) is 2.15. The van der Waals surface area contributed by atoms with Gasteiger partial charge in [0.05, 0.1) is 0 Å². The average molecular weight is 186 g/mol. The molecule has 69 valence electrons. The van der Waals surface area contributed by atoms with E-state index in [0.29, 0.717) is 12.3 Å². The number of unbranched alkanes of at least 4 members (excludes halogenated alkanes) is 1. The van der Waals surface area contributed by atoms with Gasteiger partial charge in [0.15, 0.2) is 0 Å². The molecule has 2 nitrogen and oxygen atoms in total. The quantitative estimate of drug-likeness (QED) is 0.667. The molecule has 0 spiro atoms. The van der Waals surface area contributed by atoms with Gasteiger partial charge >= 0.3 is 0 Å². The van der Waals surface area contributed by atoms with E-state index in [4.69, 9.17) is 0 Å². The molecule has 0 unspecified atom stereocenters. The fraction of sp³-hybridized carbons (Fsp3) is 0.778. The first kappa shape index (κ1) is 9.90. The molecule has 3 heteroatoms. The lowest BCUT2D eigenvalue weighted by Crippen LogP contribution is -2.37. The van der Waals surface area contributed by atoms with Crippen LogP contribution in [0.1, 0.15) is 19.3 Å². The first-order chi connectivity index (χ1) is 5.84. The highest BCUT2D eigenvalue weighted by Crippen LogP contribution is 2.10. The summed E-state index contributed by atoms with van der Waals surface area (Å²) in [6.07, 6.45) is 2.49. The Kier molecular flexibility index (Phi) is 4.51. The molecule has 0 bridgehead atoms. The van der Waals surface area contributed by atoms with E-state index in [9.17, 15) is 4.79 Å². The molecule has 1 rings (SSSR count). The van der Waals surface area contributed by atoms with Crippen molar-refractivity contribution in [1.29, 1.82) is 0 Å². The lowest BCUT2D eigenvalue weighted by molar-refractivity contribution is -0.130. The highest BCUT2D eigenvalue weighted by atomic mass is 32.2. The first-order valence-corrected chi connectivity index (χ1v) is 5.65. The van der Waals surface area contributed by atoms with Gasteiger partial charge in [0.2, 0.25) is 5.91 Å². The van der Waals surface area contributed by atoms with Crippen LogP contribution in [0.3, 0.4) is 0 Å². The van der Waals surface area contributed by atoms with E-state index in [1.165, 1.54) is 0 Å². The molecule has 0 saturated carbocycles. The van der Waals surface area contributed by atoms with Gasteiger partial charge in [-0.1, -0.05) is 13.3 Å². The van der Waals surface area contributed by atoms with Gasteiger partial charge in [-0.2, -0.15) is 11.8 Å². The topological polar surface area (TPSA) is 20.3 Å². The van der Waals surface area contributed by atoms with Crippen LogP contribution in [0, 0.1) is 6.92 Å². The van der Waals surface area contributed by atoms with Crippen LogP contribution < -0.4 is 0 Å². The number of rotatable bonds is 3. The van der Waals surface area contributed by atoms with E-state index in [2.05, 4.69) is 6.92 Å². The summed E-state index contributed by atoms with van der Waals surface area (Å²) < 4.78 is 0. The van der Waals surface area contributed by atoms with Crippen LogP contribution in [0.5, 0.6) is 0 Å². The highest BCUT2D eigenvalue weighted by molar-refractivity contribution is 7.99. The summed E-state index contributed by atoms with van der Waals surface area (Å²) in [6.45, 7) is 5.62. The summed E-state index contributed by atoms with van der Waals surface area (Å²) >= 11 is 1.93. The summed E-state index contributed by atoms with van der Waals surface area (Å²) in [5, 5.41) is 0. The van der Waals surface area contributed by atoms with E-state index < -0.39 is 0 Å². The molecule has 1 saturated heterocycles. The predicted molar refractivity (Wildman–Crippen MR) is 53.1 cm³/mol. The van der Waals surface area contributed by atoms with Crippen LogP contribution >= 0.6 is 11.8 Å². The van der Waals surface area contributed by atoms with Gasteiger partial charge in [-0.25, -0.2) is 0 Å². The number of carbonyl (C=O) groups is 1. The van der Waals surface area contributed by atoms with Gasteiger partial charge in [0.1, 0.15) is 0 Å². The Morgan fingerprint density at radius 3 is 2.67 bits per heavy atom. The second kappa shape index (κ2) is 5.46. The van der Waals surface area contributed by atoms with Crippen LogP contribution in [0.2, 0.25) is 0 Å². The molecule has 0 atom stereocenters. The molecule has 1 amide bonds. The standard InChI is InChI=1S/C9H16NOS/c1-2-3-4-9(11)10-5-7-12-8-6-10/h1-8H2. The van der Waals surface area contributed by atoms with Crippen LogP contribution in [0.25, 0.3) is 0 Å². The summed E-state index contributed by atoms with van der Waals surface area (Å²) in [4.78, 5) is 13.4. The summed E-state index contributed by atoms with van der Waals surface area (Å²) in [5.74, 6) is 2.53. The van der Waals surface area contributed by atoms with E-state index in [-0.39, 0.29) is 0 Å². The number of hydrogen-bond donors (Lipinski definition) is 0. The van der Waals surface area contributed by atoms with Crippen LogP contribution in [0.15, 0.2) is 0 Å². The second-order valence-corrected chi connectivity index (χ2v) is 4.18. The van der Waals surface area contributed by atoms with Crippen LogP contribution in [-0.4, -0.2) is 35.4 Å². The molecule has 0 aromatic rings. The van der Waals surface area contributed by atoms with Crippen molar-refractivity contribution in [3.8, 4) is 0 Å². The number of carbonyl (C=O) groups excluding carboxylic acids is 1. The van der Waals surface area contributed by atoms with Crippen molar-refractivity contribution in [2.45, 2.75) is 19.3 Å². The normalized spacial score (nSPS) is 17.9. The Bertz CT molecular complexity index is 143. The molecular formula is C9H16NOS. The number of thioether (sulfide) groups is 1. The number of nitrogens with zero attached hydrogens (tertiary/aromatic N) is 1. The third-order valence-corrected chi connectivity index (χ3v) is 2.95. The molecule has 12 heavy (non-hydrogen) atoms. The summed E-state index contributed by atoms with van der Waals surface area (Å²) in [5.41, 5.74) is 0. The largest absolute Gasteiger partial charge is 0.341 e. The Morgan fingerprint density at radius 1 is 1.42 bits per heavy atom. The molecule has 0 aliphatic carbocycles. The van der Waals surface area contributed by atoms with Crippen molar-refractivity contribution < 1.29 is 4.79 Å². The first-order valence-electron chi connectivity index (χ1n) is 4.49. The van der Waals surface area contributed by atoms with Gasteiger partial charge in [0, 0.05) is 31.0 Å².